The fraction of sp³-hybridized carbons (Fsp3) is 0.212. The van der Waals surface area contributed by atoms with Crippen LogP contribution in [-0.2, 0) is 24.3 Å². The average Bonchev–Trinajstić information content (AvgIpc) is 3.31. The molecule has 1 saturated heterocycles. The molecule has 0 saturated carbocycles. The SMILES string of the molecule is CC(=O)c1ccc2nc(Cc3cc(F)c(-c4cccc(OCc5ccc(C#N)cc5F)n4)cc3F)n(C[C@@H]3CCO3)c2c1. The largest absolute Gasteiger partial charge is 0.473 e. The predicted octanol–water partition coefficient (Wildman–Crippen LogP) is 6.55. The van der Waals surface area contributed by atoms with Crippen molar-refractivity contribution in [2.45, 2.75) is 39.0 Å². The lowest BCUT2D eigenvalue weighted by molar-refractivity contribution is -0.0589. The van der Waals surface area contributed by atoms with Gasteiger partial charge in [0, 0.05) is 35.8 Å². The van der Waals surface area contributed by atoms with Crippen molar-refractivity contribution < 1.29 is 27.4 Å². The van der Waals surface area contributed by atoms with Gasteiger partial charge in [0.05, 0.1) is 41.0 Å². The van der Waals surface area contributed by atoms with E-state index in [1.54, 1.807) is 24.3 Å². The van der Waals surface area contributed by atoms with Gasteiger partial charge in [-0.3, -0.25) is 4.79 Å². The van der Waals surface area contributed by atoms with Gasteiger partial charge in [0.1, 0.15) is 29.9 Å². The van der Waals surface area contributed by atoms with Gasteiger partial charge in [0.25, 0.3) is 0 Å². The zero-order valence-corrected chi connectivity index (χ0v) is 23.1. The first kappa shape index (κ1) is 28.1. The molecule has 6 rings (SSSR count). The number of pyridine rings is 1. The van der Waals surface area contributed by atoms with Crippen molar-refractivity contribution in [3.63, 3.8) is 0 Å². The monoisotopic (exact) mass is 582 g/mol. The normalized spacial score (nSPS) is 14.3. The Morgan fingerprint density at radius 1 is 1.02 bits per heavy atom. The maximum atomic E-state index is 15.5. The van der Waals surface area contributed by atoms with Crippen LogP contribution in [0.2, 0.25) is 0 Å². The zero-order chi connectivity index (χ0) is 30.1. The first-order chi connectivity index (χ1) is 20.8. The number of ketones is 1. The minimum absolute atomic E-state index is 0.0185. The number of nitriles is 1. The van der Waals surface area contributed by atoms with Gasteiger partial charge in [-0.15, -0.1) is 0 Å². The molecule has 1 atom stereocenters. The molecular weight excluding hydrogens is 557 g/mol. The van der Waals surface area contributed by atoms with Crippen LogP contribution in [-0.4, -0.2) is 33.0 Å². The molecule has 216 valence electrons. The lowest BCUT2D eigenvalue weighted by Crippen LogP contribution is -2.31. The number of Topliss-reactive ketones (excluding diaryl/α,β-unsaturated/α-hetero) is 1. The molecule has 7 nitrogen and oxygen atoms in total. The van der Waals surface area contributed by atoms with Crippen molar-refractivity contribution in [2.75, 3.05) is 6.61 Å². The smallest absolute Gasteiger partial charge is 0.214 e. The lowest BCUT2D eigenvalue weighted by atomic mass is 10.0. The van der Waals surface area contributed by atoms with Gasteiger partial charge in [-0.25, -0.2) is 23.1 Å². The standard InChI is InChI=1S/C33H25F3N4O3/c1-19(41)21-7-8-30-31(13-21)40(17-24-9-10-42-24)32(38-30)14-23-12-28(36)25(15-27(23)35)29-3-2-4-33(39-29)43-18-22-6-5-20(16-37)11-26(22)34/h2-8,11-13,15,24H,9-10,14,17-18H2,1H3/t24-/m0/s1. The van der Waals surface area contributed by atoms with E-state index < -0.39 is 17.5 Å². The van der Waals surface area contributed by atoms with Crippen molar-refractivity contribution in [3.8, 4) is 23.2 Å². The number of ether oxygens (including phenoxy) is 2. The average molecular weight is 583 g/mol. The second kappa shape index (κ2) is 11.7. The number of aromatic nitrogens is 3. The summed E-state index contributed by atoms with van der Waals surface area (Å²) in [5.41, 5.74) is 2.54. The summed E-state index contributed by atoms with van der Waals surface area (Å²) in [4.78, 5) is 21.0. The molecule has 1 aliphatic heterocycles. The fourth-order valence-corrected chi connectivity index (χ4v) is 4.98. The van der Waals surface area contributed by atoms with E-state index in [-0.39, 0.29) is 58.7 Å². The van der Waals surface area contributed by atoms with Crippen LogP contribution in [0.25, 0.3) is 22.3 Å². The first-order valence-corrected chi connectivity index (χ1v) is 13.7. The zero-order valence-electron chi connectivity index (χ0n) is 23.1. The molecule has 10 heteroatoms. The topological polar surface area (TPSA) is 90.0 Å². The van der Waals surface area contributed by atoms with Gasteiger partial charge in [0.2, 0.25) is 5.88 Å². The summed E-state index contributed by atoms with van der Waals surface area (Å²) in [5.74, 6) is -1.35. The third kappa shape index (κ3) is 5.85. The summed E-state index contributed by atoms with van der Waals surface area (Å²) in [7, 11) is 0. The van der Waals surface area contributed by atoms with E-state index in [9.17, 15) is 9.18 Å². The van der Waals surface area contributed by atoms with Gasteiger partial charge in [-0.05, 0) is 67.4 Å². The Labute approximate surface area is 245 Å². The number of benzene rings is 3. The van der Waals surface area contributed by atoms with Crippen LogP contribution in [0.15, 0.2) is 66.7 Å². The number of carbonyl (C=O) groups excluding carboxylic acids is 1. The number of imidazole rings is 1. The minimum Gasteiger partial charge on any atom is -0.473 e. The molecule has 2 aromatic heterocycles. The molecule has 0 aliphatic carbocycles. The summed E-state index contributed by atoms with van der Waals surface area (Å²) >= 11 is 0. The number of halogens is 3. The molecule has 0 unspecified atom stereocenters. The molecule has 0 bridgehead atoms. The summed E-state index contributed by atoms with van der Waals surface area (Å²) < 4.78 is 58.3. The van der Waals surface area contributed by atoms with Crippen molar-refractivity contribution in [1.29, 1.82) is 5.26 Å². The highest BCUT2D eigenvalue weighted by Crippen LogP contribution is 2.29. The molecule has 1 fully saturated rings. The van der Waals surface area contributed by atoms with Crippen LogP contribution in [0.4, 0.5) is 13.2 Å². The number of carbonyl (C=O) groups is 1. The minimum atomic E-state index is -0.678. The Morgan fingerprint density at radius 2 is 1.84 bits per heavy atom. The summed E-state index contributed by atoms with van der Waals surface area (Å²) in [5, 5.41) is 8.91. The van der Waals surface area contributed by atoms with E-state index in [2.05, 4.69) is 9.97 Å². The van der Waals surface area contributed by atoms with Crippen molar-refractivity contribution in [2.24, 2.45) is 0 Å². The summed E-state index contributed by atoms with van der Waals surface area (Å²) in [6, 6.07) is 18.0. The molecule has 0 spiro atoms. The molecule has 43 heavy (non-hydrogen) atoms. The maximum absolute atomic E-state index is 15.5. The van der Waals surface area contributed by atoms with E-state index in [1.807, 2.05) is 10.6 Å². The first-order valence-electron chi connectivity index (χ1n) is 13.7. The van der Waals surface area contributed by atoms with Crippen LogP contribution in [0.5, 0.6) is 5.88 Å². The van der Waals surface area contributed by atoms with Gasteiger partial charge >= 0.3 is 0 Å². The lowest BCUT2D eigenvalue weighted by Gasteiger charge is -2.27. The summed E-state index contributed by atoms with van der Waals surface area (Å²) in [6.07, 6.45) is 0.878. The van der Waals surface area contributed by atoms with Crippen molar-refractivity contribution in [1.82, 2.24) is 14.5 Å². The molecule has 0 N–H and O–H groups in total. The molecule has 0 amide bonds. The molecule has 5 aromatic rings. The van der Waals surface area contributed by atoms with Crippen LogP contribution in [0, 0.1) is 28.8 Å². The second-order valence-electron chi connectivity index (χ2n) is 10.3. The molecule has 0 radical (unpaired) electrons. The highest BCUT2D eigenvalue weighted by Gasteiger charge is 2.23. The van der Waals surface area contributed by atoms with Crippen LogP contribution >= 0.6 is 0 Å². The van der Waals surface area contributed by atoms with Gasteiger partial charge in [-0.2, -0.15) is 5.26 Å². The van der Waals surface area contributed by atoms with Gasteiger partial charge in [0.15, 0.2) is 5.78 Å². The van der Waals surface area contributed by atoms with E-state index in [0.29, 0.717) is 30.1 Å². The number of hydrogen-bond acceptors (Lipinski definition) is 6. The molecule has 1 aliphatic rings. The third-order valence-corrected chi connectivity index (χ3v) is 7.46. The molecule has 3 aromatic carbocycles. The van der Waals surface area contributed by atoms with Crippen LogP contribution in [0.3, 0.4) is 0 Å². The van der Waals surface area contributed by atoms with Crippen molar-refractivity contribution >= 4 is 16.8 Å². The highest BCUT2D eigenvalue weighted by molar-refractivity contribution is 5.97. The van der Waals surface area contributed by atoms with Gasteiger partial charge < -0.3 is 14.0 Å². The van der Waals surface area contributed by atoms with Crippen LogP contribution < -0.4 is 4.74 Å². The third-order valence-electron chi connectivity index (χ3n) is 7.46. The highest BCUT2D eigenvalue weighted by atomic mass is 19.1. The van der Waals surface area contributed by atoms with Crippen molar-refractivity contribution in [3.05, 3.63) is 112 Å². The summed E-state index contributed by atoms with van der Waals surface area (Å²) in [6.45, 7) is 2.48. The number of fused-ring (bicyclic) bond motifs is 1. The van der Waals surface area contributed by atoms with Gasteiger partial charge in [-0.1, -0.05) is 12.1 Å². The maximum Gasteiger partial charge on any atom is 0.214 e. The second-order valence-corrected chi connectivity index (χ2v) is 10.3. The Balaban J connectivity index is 1.26. The predicted molar refractivity (Wildman–Crippen MR) is 152 cm³/mol. The fourth-order valence-electron chi connectivity index (χ4n) is 4.98. The molecule has 3 heterocycles. The van der Waals surface area contributed by atoms with E-state index in [0.717, 1.165) is 30.1 Å². The van der Waals surface area contributed by atoms with Crippen LogP contribution in [0.1, 0.15) is 46.2 Å². The Hall–Kier alpha value is -5.01. The van der Waals surface area contributed by atoms with E-state index in [1.165, 1.54) is 31.2 Å². The number of rotatable bonds is 9. The van der Waals surface area contributed by atoms with E-state index in [4.69, 9.17) is 14.7 Å². The Bertz CT molecular complexity index is 1910. The Kier molecular flexibility index (Phi) is 7.65. The number of nitrogens with zero attached hydrogens (tertiary/aromatic N) is 4. The molecular formula is C33H25F3N4O3. The van der Waals surface area contributed by atoms with E-state index >= 15 is 8.78 Å². The number of hydrogen-bond donors (Lipinski definition) is 0. The Morgan fingerprint density at radius 3 is 2.56 bits per heavy atom. The quantitative estimate of drug-likeness (QED) is 0.183.